The number of amides is 1. The molecule has 1 unspecified atom stereocenters. The van der Waals surface area contributed by atoms with Gasteiger partial charge in [-0.2, -0.15) is 0 Å². The minimum absolute atomic E-state index is 0.105. The van der Waals surface area contributed by atoms with E-state index in [2.05, 4.69) is 5.32 Å². The van der Waals surface area contributed by atoms with Crippen molar-refractivity contribution in [3.05, 3.63) is 65.2 Å². The van der Waals surface area contributed by atoms with Gasteiger partial charge in [0, 0.05) is 17.8 Å². The Hall–Kier alpha value is -2.43. The summed E-state index contributed by atoms with van der Waals surface area (Å²) in [7, 11) is 0. The van der Waals surface area contributed by atoms with Crippen molar-refractivity contribution in [1.29, 1.82) is 0 Å². The van der Waals surface area contributed by atoms with Gasteiger partial charge in [-0.05, 0) is 36.2 Å². The molecule has 0 radical (unpaired) electrons. The average Bonchev–Trinajstić information content (AvgIpc) is 2.39. The van der Waals surface area contributed by atoms with Crippen LogP contribution in [0, 0.1) is 11.6 Å². The molecule has 21 heavy (non-hydrogen) atoms. The van der Waals surface area contributed by atoms with E-state index in [0.717, 1.165) is 11.6 Å². The molecule has 0 saturated carbocycles. The van der Waals surface area contributed by atoms with Crippen molar-refractivity contribution in [2.45, 2.75) is 19.4 Å². The van der Waals surface area contributed by atoms with Crippen LogP contribution in [0.2, 0.25) is 0 Å². The van der Waals surface area contributed by atoms with Gasteiger partial charge in [-0.1, -0.05) is 18.2 Å². The molecule has 3 nitrogen and oxygen atoms in total. The molecule has 0 spiro atoms. The lowest BCUT2D eigenvalue weighted by Crippen LogP contribution is -2.16. The van der Waals surface area contributed by atoms with Gasteiger partial charge in [-0.25, -0.2) is 8.78 Å². The summed E-state index contributed by atoms with van der Waals surface area (Å²) in [6, 6.07) is 10.3. The Morgan fingerprint density at radius 2 is 1.81 bits per heavy atom. The highest BCUT2D eigenvalue weighted by molar-refractivity contribution is 5.78. The van der Waals surface area contributed by atoms with Crippen LogP contribution >= 0.6 is 0 Å². The van der Waals surface area contributed by atoms with Crippen LogP contribution in [0.5, 0.6) is 0 Å². The fourth-order valence-electron chi connectivity index (χ4n) is 2.14. The normalized spacial score (nSPS) is 12.0. The number of nitrogens with two attached hydrogens (primary N) is 1. The van der Waals surface area contributed by atoms with Gasteiger partial charge < -0.3 is 11.1 Å². The number of para-hydroxylation sites is 1. The molecule has 0 fully saturated rings. The first-order valence-electron chi connectivity index (χ1n) is 6.54. The Kier molecular flexibility index (Phi) is 4.52. The van der Waals surface area contributed by atoms with Gasteiger partial charge in [0.25, 0.3) is 0 Å². The van der Waals surface area contributed by atoms with Crippen LogP contribution in [0.25, 0.3) is 0 Å². The highest BCUT2D eigenvalue weighted by Gasteiger charge is 2.11. The monoisotopic (exact) mass is 290 g/mol. The standard InChI is InChI=1S/C16H16F2N2O/c1-10(12-6-13(17)9-14(18)7-12)20-15-5-3-2-4-11(15)8-16(19)21/h2-7,9-10,20H,8H2,1H3,(H2,19,21). The van der Waals surface area contributed by atoms with Crippen molar-refractivity contribution in [2.75, 3.05) is 5.32 Å². The van der Waals surface area contributed by atoms with Crippen LogP contribution < -0.4 is 11.1 Å². The van der Waals surface area contributed by atoms with E-state index in [4.69, 9.17) is 5.73 Å². The number of hydrogen-bond acceptors (Lipinski definition) is 2. The zero-order valence-corrected chi connectivity index (χ0v) is 11.6. The number of carbonyl (C=O) groups is 1. The number of anilines is 1. The third-order valence-corrected chi connectivity index (χ3v) is 3.14. The van der Waals surface area contributed by atoms with Crippen LogP contribution in [0.1, 0.15) is 24.1 Å². The molecule has 0 saturated heterocycles. The largest absolute Gasteiger partial charge is 0.378 e. The summed E-state index contributed by atoms with van der Waals surface area (Å²) in [5.41, 5.74) is 7.16. The maximum atomic E-state index is 13.2. The number of primary amides is 1. The summed E-state index contributed by atoms with van der Waals surface area (Å²) < 4.78 is 26.5. The molecule has 1 amide bonds. The first-order valence-corrected chi connectivity index (χ1v) is 6.54. The lowest BCUT2D eigenvalue weighted by molar-refractivity contribution is -0.117. The molecule has 2 aromatic rings. The maximum Gasteiger partial charge on any atom is 0.221 e. The molecule has 2 aromatic carbocycles. The number of nitrogens with one attached hydrogen (secondary N) is 1. The molecule has 5 heteroatoms. The van der Waals surface area contributed by atoms with E-state index >= 15 is 0 Å². The van der Waals surface area contributed by atoms with E-state index in [1.807, 2.05) is 6.07 Å². The lowest BCUT2D eigenvalue weighted by Gasteiger charge is -2.18. The minimum atomic E-state index is -0.621. The number of carbonyl (C=O) groups excluding carboxylic acids is 1. The van der Waals surface area contributed by atoms with Crippen molar-refractivity contribution >= 4 is 11.6 Å². The van der Waals surface area contributed by atoms with Gasteiger partial charge in [-0.3, -0.25) is 4.79 Å². The number of halogens is 2. The number of benzene rings is 2. The van der Waals surface area contributed by atoms with Crippen molar-refractivity contribution in [3.8, 4) is 0 Å². The summed E-state index contributed by atoms with van der Waals surface area (Å²) >= 11 is 0. The Morgan fingerprint density at radius 1 is 1.19 bits per heavy atom. The van der Waals surface area contributed by atoms with Crippen LogP contribution in [0.4, 0.5) is 14.5 Å². The van der Waals surface area contributed by atoms with Gasteiger partial charge in [0.2, 0.25) is 5.91 Å². The molecule has 0 bridgehead atoms. The van der Waals surface area contributed by atoms with Crippen molar-refractivity contribution in [2.24, 2.45) is 5.73 Å². The molecule has 110 valence electrons. The first kappa shape index (κ1) is 15.0. The minimum Gasteiger partial charge on any atom is -0.378 e. The first-order chi connectivity index (χ1) is 9.95. The highest BCUT2D eigenvalue weighted by Crippen LogP contribution is 2.24. The third-order valence-electron chi connectivity index (χ3n) is 3.14. The summed E-state index contributed by atoms with van der Waals surface area (Å²) in [4.78, 5) is 11.1. The van der Waals surface area contributed by atoms with Crippen LogP contribution in [-0.2, 0) is 11.2 Å². The smallest absolute Gasteiger partial charge is 0.221 e. The van der Waals surface area contributed by atoms with Crippen LogP contribution in [-0.4, -0.2) is 5.91 Å². The average molecular weight is 290 g/mol. The second kappa shape index (κ2) is 6.35. The Balaban J connectivity index is 2.23. The second-order valence-electron chi connectivity index (χ2n) is 4.87. The second-order valence-corrected chi connectivity index (χ2v) is 4.87. The molecule has 3 N–H and O–H groups in total. The lowest BCUT2D eigenvalue weighted by atomic mass is 10.1. The predicted molar refractivity (Wildman–Crippen MR) is 77.7 cm³/mol. The van der Waals surface area contributed by atoms with E-state index in [0.29, 0.717) is 11.3 Å². The van der Waals surface area contributed by atoms with E-state index in [-0.39, 0.29) is 12.5 Å². The zero-order chi connectivity index (χ0) is 15.4. The molecule has 1 atom stereocenters. The summed E-state index contributed by atoms with van der Waals surface area (Å²) in [6.45, 7) is 1.79. The molecule has 0 heterocycles. The summed E-state index contributed by atoms with van der Waals surface area (Å²) in [6.07, 6.45) is 0.105. The maximum absolute atomic E-state index is 13.2. The topological polar surface area (TPSA) is 55.1 Å². The van der Waals surface area contributed by atoms with E-state index < -0.39 is 17.5 Å². The van der Waals surface area contributed by atoms with Crippen LogP contribution in [0.15, 0.2) is 42.5 Å². The Labute approximate surface area is 121 Å². The SMILES string of the molecule is CC(Nc1ccccc1CC(N)=O)c1cc(F)cc(F)c1. The van der Waals surface area contributed by atoms with E-state index in [1.54, 1.807) is 25.1 Å². The molecular weight excluding hydrogens is 274 g/mol. The quantitative estimate of drug-likeness (QED) is 0.888. The molecule has 0 aromatic heterocycles. The zero-order valence-electron chi connectivity index (χ0n) is 11.6. The van der Waals surface area contributed by atoms with Gasteiger partial charge >= 0.3 is 0 Å². The van der Waals surface area contributed by atoms with E-state index in [9.17, 15) is 13.6 Å². The van der Waals surface area contributed by atoms with E-state index in [1.165, 1.54) is 12.1 Å². The number of hydrogen-bond donors (Lipinski definition) is 2. The molecule has 0 aliphatic carbocycles. The summed E-state index contributed by atoms with van der Waals surface area (Å²) in [5.74, 6) is -1.68. The Morgan fingerprint density at radius 3 is 2.43 bits per heavy atom. The molecule has 2 rings (SSSR count). The van der Waals surface area contributed by atoms with Gasteiger partial charge in [0.1, 0.15) is 11.6 Å². The van der Waals surface area contributed by atoms with Crippen molar-refractivity contribution in [1.82, 2.24) is 0 Å². The van der Waals surface area contributed by atoms with Crippen LogP contribution in [0.3, 0.4) is 0 Å². The van der Waals surface area contributed by atoms with Gasteiger partial charge in [-0.15, -0.1) is 0 Å². The fraction of sp³-hybridized carbons (Fsp3) is 0.188. The molecule has 0 aliphatic heterocycles. The van der Waals surface area contributed by atoms with Crippen molar-refractivity contribution < 1.29 is 13.6 Å². The predicted octanol–water partition coefficient (Wildman–Crippen LogP) is 3.17. The van der Waals surface area contributed by atoms with Gasteiger partial charge in [0.15, 0.2) is 0 Å². The summed E-state index contributed by atoms with van der Waals surface area (Å²) in [5, 5.41) is 3.15. The highest BCUT2D eigenvalue weighted by atomic mass is 19.1. The molecular formula is C16H16F2N2O. The molecule has 0 aliphatic rings. The van der Waals surface area contributed by atoms with Crippen molar-refractivity contribution in [3.63, 3.8) is 0 Å². The Bertz CT molecular complexity index is 638. The third kappa shape index (κ3) is 4.02. The number of rotatable bonds is 5. The van der Waals surface area contributed by atoms with Gasteiger partial charge in [0.05, 0.1) is 6.42 Å². The fourth-order valence-corrected chi connectivity index (χ4v) is 2.14.